The molecule has 2 atom stereocenters. The molecule has 1 aliphatic heterocycles. The number of nitrogens with zero attached hydrogens (tertiary/aromatic N) is 1. The van der Waals surface area contributed by atoms with E-state index in [1.165, 1.54) is 5.56 Å². The minimum Gasteiger partial charge on any atom is -0.344 e. The molecule has 2 N–H and O–H groups in total. The van der Waals surface area contributed by atoms with E-state index in [-0.39, 0.29) is 23.9 Å². The highest BCUT2D eigenvalue weighted by atomic mass is 16.2. The molecule has 23 heavy (non-hydrogen) atoms. The number of benzene rings is 1. The molecule has 0 aromatic heterocycles. The van der Waals surface area contributed by atoms with Gasteiger partial charge in [0.15, 0.2) is 0 Å². The molecule has 3 amide bonds. The molecule has 126 valence electrons. The average Bonchev–Trinajstić information content (AvgIpc) is 2.52. The zero-order valence-corrected chi connectivity index (χ0v) is 14.2. The van der Waals surface area contributed by atoms with Gasteiger partial charge in [-0.3, -0.25) is 4.79 Å². The summed E-state index contributed by atoms with van der Waals surface area (Å²) in [6, 6.07) is 10.1. The molecule has 5 heteroatoms. The number of piperidine rings is 1. The molecule has 0 aliphatic carbocycles. The van der Waals surface area contributed by atoms with Crippen molar-refractivity contribution in [3.63, 3.8) is 0 Å². The van der Waals surface area contributed by atoms with E-state index in [1.807, 2.05) is 18.2 Å². The van der Waals surface area contributed by atoms with E-state index in [4.69, 9.17) is 0 Å². The second kappa shape index (κ2) is 7.99. The standard InChI is InChI=1S/C18H27N3O2/c1-13(2)16(14-7-5-4-6-8-14)11-19-18(23)20-15-9-10-17(22)21(3)12-15/h4-8,13,15-16H,9-12H2,1-3H3,(H2,19,20,23)/t15-,16+/m0/s1. The fourth-order valence-corrected chi connectivity index (χ4v) is 3.01. The number of rotatable bonds is 5. The maximum Gasteiger partial charge on any atom is 0.315 e. The van der Waals surface area contributed by atoms with Crippen LogP contribution >= 0.6 is 0 Å². The molecule has 0 saturated carbocycles. The number of likely N-dealkylation sites (tertiary alicyclic amines) is 1. The third-order valence-corrected chi connectivity index (χ3v) is 4.48. The van der Waals surface area contributed by atoms with Crippen LogP contribution < -0.4 is 10.6 Å². The van der Waals surface area contributed by atoms with Crippen molar-refractivity contribution < 1.29 is 9.59 Å². The fraction of sp³-hybridized carbons (Fsp3) is 0.556. The highest BCUT2D eigenvalue weighted by molar-refractivity contribution is 5.78. The Balaban J connectivity index is 1.84. The molecule has 2 rings (SSSR count). The Kier molecular flexibility index (Phi) is 6.02. The lowest BCUT2D eigenvalue weighted by Gasteiger charge is -2.30. The second-order valence-corrected chi connectivity index (χ2v) is 6.63. The van der Waals surface area contributed by atoms with Crippen LogP contribution in [0.5, 0.6) is 0 Å². The quantitative estimate of drug-likeness (QED) is 0.875. The van der Waals surface area contributed by atoms with E-state index < -0.39 is 0 Å². The van der Waals surface area contributed by atoms with Crippen LogP contribution in [0.4, 0.5) is 4.79 Å². The van der Waals surface area contributed by atoms with Crippen molar-refractivity contribution in [3.05, 3.63) is 35.9 Å². The van der Waals surface area contributed by atoms with E-state index in [2.05, 4.69) is 36.6 Å². The maximum atomic E-state index is 12.1. The molecule has 5 nitrogen and oxygen atoms in total. The van der Waals surface area contributed by atoms with Crippen LogP contribution in [0.15, 0.2) is 30.3 Å². The molecule has 0 unspecified atom stereocenters. The summed E-state index contributed by atoms with van der Waals surface area (Å²) in [7, 11) is 1.78. The lowest BCUT2D eigenvalue weighted by Crippen LogP contribution is -2.51. The van der Waals surface area contributed by atoms with Gasteiger partial charge < -0.3 is 15.5 Å². The Morgan fingerprint density at radius 2 is 2.00 bits per heavy atom. The number of carbonyl (C=O) groups excluding carboxylic acids is 2. The van der Waals surface area contributed by atoms with Crippen molar-refractivity contribution in [2.24, 2.45) is 5.92 Å². The molecular formula is C18H27N3O2. The first-order valence-electron chi connectivity index (χ1n) is 8.30. The Morgan fingerprint density at radius 3 is 2.61 bits per heavy atom. The molecule has 1 aromatic rings. The first-order valence-corrected chi connectivity index (χ1v) is 8.30. The Hall–Kier alpha value is -2.04. The number of amides is 3. The summed E-state index contributed by atoms with van der Waals surface area (Å²) >= 11 is 0. The van der Waals surface area contributed by atoms with Crippen molar-refractivity contribution in [2.45, 2.75) is 38.6 Å². The summed E-state index contributed by atoms with van der Waals surface area (Å²) in [5.74, 6) is 0.876. The van der Waals surface area contributed by atoms with Gasteiger partial charge in [-0.05, 0) is 17.9 Å². The van der Waals surface area contributed by atoms with Gasteiger partial charge in [0.25, 0.3) is 0 Å². The highest BCUT2D eigenvalue weighted by Crippen LogP contribution is 2.23. The Labute approximate surface area is 138 Å². The smallest absolute Gasteiger partial charge is 0.315 e. The molecular weight excluding hydrogens is 290 g/mol. The SMILES string of the molecule is CC(C)[C@@H](CNC(=O)N[C@H]1CCC(=O)N(C)C1)c1ccccc1. The van der Waals surface area contributed by atoms with Gasteiger partial charge in [0.1, 0.15) is 0 Å². The van der Waals surface area contributed by atoms with Gasteiger partial charge in [0.05, 0.1) is 0 Å². The van der Waals surface area contributed by atoms with Crippen molar-refractivity contribution in [2.75, 3.05) is 20.1 Å². The maximum absolute atomic E-state index is 12.1. The van der Waals surface area contributed by atoms with E-state index in [9.17, 15) is 9.59 Å². The predicted octanol–water partition coefficient (Wildman–Crippen LogP) is 2.35. The molecule has 1 saturated heterocycles. The number of likely N-dealkylation sites (N-methyl/N-ethyl adjacent to an activating group) is 1. The summed E-state index contributed by atoms with van der Waals surface area (Å²) in [5, 5.41) is 5.95. The zero-order chi connectivity index (χ0) is 16.8. The number of urea groups is 1. The van der Waals surface area contributed by atoms with Crippen molar-refractivity contribution >= 4 is 11.9 Å². The number of carbonyl (C=O) groups is 2. The third-order valence-electron chi connectivity index (χ3n) is 4.48. The summed E-state index contributed by atoms with van der Waals surface area (Å²) in [6.45, 7) is 5.52. The van der Waals surface area contributed by atoms with E-state index in [1.54, 1.807) is 11.9 Å². The Morgan fingerprint density at radius 1 is 1.30 bits per heavy atom. The van der Waals surface area contributed by atoms with Gasteiger partial charge in [-0.15, -0.1) is 0 Å². The van der Waals surface area contributed by atoms with Gasteiger partial charge in [0, 0.05) is 38.5 Å². The molecule has 0 bridgehead atoms. The number of hydrogen-bond acceptors (Lipinski definition) is 2. The predicted molar refractivity (Wildman–Crippen MR) is 91.2 cm³/mol. The van der Waals surface area contributed by atoms with E-state index in [0.717, 1.165) is 0 Å². The molecule has 0 radical (unpaired) electrons. The van der Waals surface area contributed by atoms with Gasteiger partial charge in [-0.25, -0.2) is 4.79 Å². The Bertz CT molecular complexity index is 530. The van der Waals surface area contributed by atoms with Crippen LogP contribution in [0.2, 0.25) is 0 Å². The molecule has 0 spiro atoms. The van der Waals surface area contributed by atoms with Gasteiger partial charge in [-0.2, -0.15) is 0 Å². The topological polar surface area (TPSA) is 61.4 Å². The van der Waals surface area contributed by atoms with Crippen LogP contribution in [-0.4, -0.2) is 43.0 Å². The van der Waals surface area contributed by atoms with Crippen LogP contribution in [0, 0.1) is 5.92 Å². The lowest BCUT2D eigenvalue weighted by molar-refractivity contribution is -0.132. The van der Waals surface area contributed by atoms with Crippen LogP contribution in [0.25, 0.3) is 0 Å². The monoisotopic (exact) mass is 317 g/mol. The normalized spacial score (nSPS) is 19.6. The second-order valence-electron chi connectivity index (χ2n) is 6.63. The summed E-state index contributed by atoms with van der Waals surface area (Å²) in [6.07, 6.45) is 1.21. The average molecular weight is 317 g/mol. The fourth-order valence-electron chi connectivity index (χ4n) is 3.01. The van der Waals surface area contributed by atoms with E-state index >= 15 is 0 Å². The van der Waals surface area contributed by atoms with Gasteiger partial charge >= 0.3 is 6.03 Å². The molecule has 1 aliphatic rings. The third kappa shape index (κ3) is 4.98. The minimum absolute atomic E-state index is 0.0342. The number of hydrogen-bond donors (Lipinski definition) is 2. The first kappa shape index (κ1) is 17.3. The van der Waals surface area contributed by atoms with Crippen LogP contribution in [-0.2, 0) is 4.79 Å². The largest absolute Gasteiger partial charge is 0.344 e. The lowest BCUT2D eigenvalue weighted by atomic mass is 9.88. The molecule has 1 fully saturated rings. The van der Waals surface area contributed by atoms with E-state index in [0.29, 0.717) is 31.8 Å². The van der Waals surface area contributed by atoms with Gasteiger partial charge in [0.2, 0.25) is 5.91 Å². The summed E-state index contributed by atoms with van der Waals surface area (Å²) in [4.78, 5) is 25.3. The van der Waals surface area contributed by atoms with Crippen molar-refractivity contribution in [3.8, 4) is 0 Å². The zero-order valence-electron chi connectivity index (χ0n) is 14.2. The summed E-state index contributed by atoms with van der Waals surface area (Å²) in [5.41, 5.74) is 1.24. The summed E-state index contributed by atoms with van der Waals surface area (Å²) < 4.78 is 0. The number of nitrogens with one attached hydrogen (secondary N) is 2. The molecule has 1 aromatic carbocycles. The van der Waals surface area contributed by atoms with Crippen molar-refractivity contribution in [1.29, 1.82) is 0 Å². The van der Waals surface area contributed by atoms with Crippen LogP contribution in [0.1, 0.15) is 38.2 Å². The molecule has 1 heterocycles. The van der Waals surface area contributed by atoms with Crippen LogP contribution in [0.3, 0.4) is 0 Å². The first-order chi connectivity index (χ1) is 11.0. The van der Waals surface area contributed by atoms with Gasteiger partial charge in [-0.1, -0.05) is 44.2 Å². The highest BCUT2D eigenvalue weighted by Gasteiger charge is 2.24. The minimum atomic E-state index is -0.153. The van der Waals surface area contributed by atoms with Crippen molar-refractivity contribution in [1.82, 2.24) is 15.5 Å².